The molecule has 55 heavy (non-hydrogen) atoms. The predicted molar refractivity (Wildman–Crippen MR) is 216 cm³/mol. The minimum absolute atomic E-state index is 0.00440. The van der Waals surface area contributed by atoms with Crippen molar-refractivity contribution in [3.63, 3.8) is 0 Å². The zero-order valence-electron chi connectivity index (χ0n) is 32.2. The van der Waals surface area contributed by atoms with Gasteiger partial charge in [0.05, 0.1) is 25.1 Å². The summed E-state index contributed by atoms with van der Waals surface area (Å²) in [4.78, 5) is 25.5. The van der Waals surface area contributed by atoms with Gasteiger partial charge in [0.15, 0.2) is 17.3 Å². The van der Waals surface area contributed by atoms with Crippen LogP contribution in [-0.2, 0) is 16.0 Å². The van der Waals surface area contributed by atoms with E-state index < -0.39 is 18.1 Å². The second-order valence-corrected chi connectivity index (χ2v) is 16.0. The Morgan fingerprint density at radius 1 is 1.04 bits per heavy atom. The molecule has 0 amide bonds. The van der Waals surface area contributed by atoms with Crippen molar-refractivity contribution in [2.75, 3.05) is 20.2 Å². The molecule has 8 atom stereocenters. The topological polar surface area (TPSA) is 154 Å². The lowest BCUT2D eigenvalue weighted by atomic mass is 9.74. The van der Waals surface area contributed by atoms with E-state index in [9.17, 15) is 24.9 Å². The number of dihydropyridines is 1. The van der Waals surface area contributed by atoms with E-state index in [1.54, 1.807) is 12.1 Å². The number of phenolic OH excluding ortho intramolecular Hbond substituents is 1. The highest BCUT2D eigenvalue weighted by Gasteiger charge is 2.35. The molecule has 294 valence electrons. The molecule has 2 aromatic carbocycles. The molecule has 9 nitrogen and oxygen atoms in total. The fourth-order valence-corrected chi connectivity index (χ4v) is 8.94. The fraction of sp³-hybridized carbons (Fsp3) is 0.522. The highest BCUT2D eigenvalue weighted by Crippen LogP contribution is 2.38. The number of ether oxygens (including phenoxy) is 1. The average Bonchev–Trinajstić information content (AvgIpc) is 3.25. The third-order valence-electron chi connectivity index (χ3n) is 12.1. The number of aromatic hydroxyl groups is 1. The van der Waals surface area contributed by atoms with Crippen LogP contribution in [0.5, 0.6) is 11.5 Å². The van der Waals surface area contributed by atoms with Gasteiger partial charge in [-0.25, -0.2) is 0 Å². The van der Waals surface area contributed by atoms with Crippen LogP contribution in [0.15, 0.2) is 72.1 Å². The van der Waals surface area contributed by atoms with Crippen molar-refractivity contribution in [2.24, 2.45) is 29.4 Å². The number of aliphatic hydroxyl groups is 2. The number of Topliss-reactive ketones (excluding diaryl/α,β-unsaturated/α-hetero) is 2. The quantitative estimate of drug-likeness (QED) is 0.0940. The zero-order chi connectivity index (χ0) is 38.7. The zero-order valence-corrected chi connectivity index (χ0v) is 32.2. The van der Waals surface area contributed by atoms with Crippen molar-refractivity contribution in [3.05, 3.63) is 88.8 Å². The maximum Gasteiger partial charge on any atom is 0.160 e. The Labute approximate surface area is 326 Å². The van der Waals surface area contributed by atoms with Crippen LogP contribution in [0, 0.1) is 35.5 Å². The largest absolute Gasteiger partial charge is 0.504 e. The minimum Gasteiger partial charge on any atom is -0.504 e. The molecule has 0 radical (unpaired) electrons. The summed E-state index contributed by atoms with van der Waals surface area (Å²) in [5.41, 5.74) is 9.96. The van der Waals surface area contributed by atoms with Crippen LogP contribution >= 0.6 is 0 Å². The first kappa shape index (κ1) is 40.3. The van der Waals surface area contributed by atoms with Crippen LogP contribution in [0.25, 0.3) is 6.08 Å². The summed E-state index contributed by atoms with van der Waals surface area (Å²) in [6.07, 6.45) is 15.6. The first-order chi connectivity index (χ1) is 26.7. The molecule has 2 fully saturated rings. The number of allylic oxidation sites excluding steroid dienone is 3. The maximum atomic E-state index is 13.6. The minimum atomic E-state index is -0.871. The lowest BCUT2D eigenvalue weighted by Gasteiger charge is -2.39. The fourth-order valence-electron chi connectivity index (χ4n) is 8.94. The summed E-state index contributed by atoms with van der Waals surface area (Å²) in [6, 6.07) is 13.9. The number of benzene rings is 2. The monoisotopic (exact) mass is 749 g/mol. The molecule has 8 unspecified atom stereocenters. The molecule has 1 saturated carbocycles. The van der Waals surface area contributed by atoms with E-state index in [0.717, 1.165) is 60.9 Å². The van der Waals surface area contributed by atoms with Gasteiger partial charge in [-0.3, -0.25) is 9.59 Å². The van der Waals surface area contributed by atoms with Crippen molar-refractivity contribution in [3.8, 4) is 23.3 Å². The summed E-state index contributed by atoms with van der Waals surface area (Å²) in [5, 5.41) is 40.5. The molecule has 9 heteroatoms. The molecule has 7 N–H and O–H groups in total. The summed E-state index contributed by atoms with van der Waals surface area (Å²) in [5.74, 6) is 7.71. The number of carbonyl (C=O) groups is 2. The molecule has 2 aromatic rings. The number of fused-ring (bicyclic) bond motifs is 2. The molecule has 0 aromatic heterocycles. The van der Waals surface area contributed by atoms with Gasteiger partial charge >= 0.3 is 0 Å². The number of hydrogen-bond acceptors (Lipinski definition) is 9. The van der Waals surface area contributed by atoms with Crippen LogP contribution in [0.4, 0.5) is 0 Å². The Kier molecular flexibility index (Phi) is 14.3. The third kappa shape index (κ3) is 11.1. The molecule has 0 spiro atoms. The molecule has 2 aliphatic heterocycles. The van der Waals surface area contributed by atoms with Gasteiger partial charge in [0.2, 0.25) is 0 Å². The Balaban J connectivity index is 1.12. The van der Waals surface area contributed by atoms with Crippen molar-refractivity contribution in [1.82, 2.24) is 10.6 Å². The van der Waals surface area contributed by atoms with E-state index in [1.165, 1.54) is 7.11 Å². The SMILES string of the molecule is COc1cc2c(cc1O)C(CCC(O)CC(C=Cc1ccccc1)C1=CCNC(N)=C1)C#CC(C(O)CCCCC1CNC3CC(=O)CCC3C1)C(=O)CC2. The lowest BCUT2D eigenvalue weighted by molar-refractivity contribution is -0.124. The van der Waals surface area contributed by atoms with Gasteiger partial charge in [-0.2, -0.15) is 0 Å². The third-order valence-corrected chi connectivity index (χ3v) is 12.1. The number of rotatable bonds is 15. The first-order valence-corrected chi connectivity index (χ1v) is 20.4. The van der Waals surface area contributed by atoms with E-state index in [-0.39, 0.29) is 29.8 Å². The number of aliphatic hydroxyl groups excluding tert-OH is 2. The smallest absolute Gasteiger partial charge is 0.160 e. The summed E-state index contributed by atoms with van der Waals surface area (Å²) in [6.45, 7) is 1.56. The van der Waals surface area contributed by atoms with Crippen LogP contribution in [0.1, 0.15) is 99.7 Å². The van der Waals surface area contributed by atoms with E-state index in [0.29, 0.717) is 86.7 Å². The molecular weight excluding hydrogens is 691 g/mol. The molecular formula is C46H59N3O6. The van der Waals surface area contributed by atoms with Crippen molar-refractivity contribution in [1.29, 1.82) is 0 Å². The second kappa shape index (κ2) is 19.5. The number of phenols is 1. The van der Waals surface area contributed by atoms with Gasteiger partial charge in [0, 0.05) is 43.7 Å². The van der Waals surface area contributed by atoms with Gasteiger partial charge in [-0.1, -0.05) is 73.2 Å². The number of carbonyl (C=O) groups excluding carboxylic acids is 2. The highest BCUT2D eigenvalue weighted by atomic mass is 16.5. The molecule has 0 bridgehead atoms. The molecule has 4 aliphatic rings. The Hall–Kier alpha value is -4.36. The van der Waals surface area contributed by atoms with Crippen molar-refractivity contribution >= 4 is 17.6 Å². The van der Waals surface area contributed by atoms with Gasteiger partial charge in [0.1, 0.15) is 11.7 Å². The molecule has 2 heterocycles. The van der Waals surface area contributed by atoms with Crippen LogP contribution < -0.4 is 21.1 Å². The van der Waals surface area contributed by atoms with Crippen LogP contribution in [-0.4, -0.2) is 65.3 Å². The maximum absolute atomic E-state index is 13.6. The van der Waals surface area contributed by atoms with E-state index in [1.807, 2.05) is 36.4 Å². The van der Waals surface area contributed by atoms with Crippen molar-refractivity contribution < 1.29 is 29.6 Å². The number of nitrogens with one attached hydrogen (secondary N) is 2. The predicted octanol–water partition coefficient (Wildman–Crippen LogP) is 6.08. The number of aryl methyl sites for hydroxylation is 1. The Morgan fingerprint density at radius 2 is 1.87 bits per heavy atom. The normalized spacial score (nSPS) is 25.7. The van der Waals surface area contributed by atoms with Crippen LogP contribution in [0.2, 0.25) is 0 Å². The average molecular weight is 750 g/mol. The first-order valence-electron chi connectivity index (χ1n) is 20.4. The van der Waals surface area contributed by atoms with E-state index >= 15 is 0 Å². The number of ketones is 2. The number of piperidine rings is 1. The second-order valence-electron chi connectivity index (χ2n) is 16.0. The highest BCUT2D eigenvalue weighted by molar-refractivity contribution is 5.85. The number of nitrogens with two attached hydrogens (primary N) is 1. The Morgan fingerprint density at radius 3 is 2.67 bits per heavy atom. The van der Waals surface area contributed by atoms with E-state index in [2.05, 4.69) is 40.7 Å². The van der Waals surface area contributed by atoms with Gasteiger partial charge < -0.3 is 36.4 Å². The molecule has 6 rings (SSSR count). The van der Waals surface area contributed by atoms with Crippen LogP contribution in [0.3, 0.4) is 0 Å². The van der Waals surface area contributed by atoms with Gasteiger partial charge in [-0.15, -0.1) is 0 Å². The van der Waals surface area contributed by atoms with Gasteiger partial charge in [0.25, 0.3) is 0 Å². The number of hydrogen-bond donors (Lipinski definition) is 6. The number of unbranched alkanes of at least 4 members (excludes halogenated alkanes) is 1. The molecule has 2 aliphatic carbocycles. The Bertz CT molecular complexity index is 1790. The number of methoxy groups -OCH3 is 1. The lowest BCUT2D eigenvalue weighted by Crippen LogP contribution is -2.48. The van der Waals surface area contributed by atoms with Crippen molar-refractivity contribution in [2.45, 2.75) is 108 Å². The molecule has 1 saturated heterocycles. The summed E-state index contributed by atoms with van der Waals surface area (Å²) >= 11 is 0. The van der Waals surface area contributed by atoms with Gasteiger partial charge in [-0.05, 0) is 110 Å². The summed E-state index contributed by atoms with van der Waals surface area (Å²) < 4.78 is 5.43. The standard InChI is InChI=1S/C46H59N3O6/c1-55-45-25-35-16-20-43(53)39(42(52)10-6-5-9-31-23-36-14-18-38(51)27-41(36)49-29-31)19-15-32(40(35)28-44(45)54)13-17-37(50)24-33(34-21-22-48-46(47)26-34)12-11-30-7-3-2-4-8-30/h2-4,7-8,11-12,21,25-26,28,31-33,36-37,39,41-42,48-50,52,54H,5-6,9-10,13-14,16-18,20,22-24,27,29,47H2,1H3. The van der Waals surface area contributed by atoms with E-state index in [4.69, 9.17) is 10.5 Å². The summed E-state index contributed by atoms with van der Waals surface area (Å²) in [7, 11) is 1.50.